The summed E-state index contributed by atoms with van der Waals surface area (Å²) in [7, 11) is 0. The number of rotatable bonds is 2. The van der Waals surface area contributed by atoms with Crippen molar-refractivity contribution in [2.45, 2.75) is 6.92 Å². The fraction of sp³-hybridized carbons (Fsp3) is 0.111. The van der Waals surface area contributed by atoms with E-state index in [2.05, 4.69) is 5.32 Å². The summed E-state index contributed by atoms with van der Waals surface area (Å²) in [5.74, 6) is -1.49. The third kappa shape index (κ3) is 2.23. The quantitative estimate of drug-likeness (QED) is 0.790. The summed E-state index contributed by atoms with van der Waals surface area (Å²) in [5, 5.41) is 11.4. The Hall–Kier alpha value is -1.55. The van der Waals surface area contributed by atoms with Gasteiger partial charge < -0.3 is 10.4 Å². The Bertz CT molecular complexity index is 390. The first-order valence-electron chi connectivity index (χ1n) is 3.81. The molecule has 74 valence electrons. The third-order valence-electron chi connectivity index (χ3n) is 1.55. The molecule has 0 bridgehead atoms. The molecule has 0 fully saturated rings. The standard InChI is InChI=1S/C9H8ClNO3/c1-5(12)11-8-6(9(13)14)3-2-4-7(8)10/h2-4H,1H3,(H,11,12)(H,13,14). The lowest BCUT2D eigenvalue weighted by atomic mass is 10.2. The van der Waals surface area contributed by atoms with Crippen LogP contribution in [0.25, 0.3) is 0 Å². The number of carboxylic acids is 1. The molecule has 0 atom stereocenters. The Labute approximate surface area is 85.5 Å². The van der Waals surface area contributed by atoms with Crippen LogP contribution < -0.4 is 5.32 Å². The van der Waals surface area contributed by atoms with E-state index in [-0.39, 0.29) is 22.2 Å². The second-order valence-electron chi connectivity index (χ2n) is 2.65. The van der Waals surface area contributed by atoms with Gasteiger partial charge in [0.15, 0.2) is 0 Å². The maximum Gasteiger partial charge on any atom is 0.337 e. The average Bonchev–Trinajstić information content (AvgIpc) is 2.07. The summed E-state index contributed by atoms with van der Waals surface area (Å²) in [6.07, 6.45) is 0. The largest absolute Gasteiger partial charge is 0.478 e. The number of benzene rings is 1. The van der Waals surface area contributed by atoms with E-state index in [1.165, 1.54) is 25.1 Å². The highest BCUT2D eigenvalue weighted by Crippen LogP contribution is 2.25. The van der Waals surface area contributed by atoms with Crippen molar-refractivity contribution in [3.63, 3.8) is 0 Å². The molecule has 1 aromatic rings. The predicted octanol–water partition coefficient (Wildman–Crippen LogP) is 2.00. The van der Waals surface area contributed by atoms with E-state index < -0.39 is 5.97 Å². The van der Waals surface area contributed by atoms with Crippen molar-refractivity contribution in [2.75, 3.05) is 5.32 Å². The molecule has 4 nitrogen and oxygen atoms in total. The highest BCUT2D eigenvalue weighted by molar-refractivity contribution is 6.34. The van der Waals surface area contributed by atoms with Crippen LogP contribution in [0.5, 0.6) is 0 Å². The van der Waals surface area contributed by atoms with E-state index in [4.69, 9.17) is 16.7 Å². The number of halogens is 1. The lowest BCUT2D eigenvalue weighted by molar-refractivity contribution is -0.114. The van der Waals surface area contributed by atoms with Crippen LogP contribution in [0.15, 0.2) is 18.2 Å². The first-order valence-corrected chi connectivity index (χ1v) is 4.19. The van der Waals surface area contributed by atoms with Gasteiger partial charge in [-0.15, -0.1) is 0 Å². The van der Waals surface area contributed by atoms with Crippen molar-refractivity contribution in [1.29, 1.82) is 0 Å². The third-order valence-corrected chi connectivity index (χ3v) is 1.86. The molecule has 0 aromatic heterocycles. The number of para-hydroxylation sites is 1. The molecular weight excluding hydrogens is 206 g/mol. The zero-order valence-electron chi connectivity index (χ0n) is 7.37. The lowest BCUT2D eigenvalue weighted by Crippen LogP contribution is -2.11. The molecule has 14 heavy (non-hydrogen) atoms. The number of nitrogens with one attached hydrogen (secondary N) is 1. The van der Waals surface area contributed by atoms with E-state index in [1.54, 1.807) is 0 Å². The topological polar surface area (TPSA) is 66.4 Å². The maximum atomic E-state index is 10.8. The van der Waals surface area contributed by atoms with Gasteiger partial charge in [0.1, 0.15) is 0 Å². The van der Waals surface area contributed by atoms with Gasteiger partial charge in [0, 0.05) is 6.92 Å². The molecule has 1 amide bonds. The molecule has 0 aliphatic carbocycles. The van der Waals surface area contributed by atoms with Gasteiger partial charge in [-0.1, -0.05) is 17.7 Å². The molecule has 0 radical (unpaired) electrons. The van der Waals surface area contributed by atoms with Crippen LogP contribution in [0.2, 0.25) is 5.02 Å². The number of aromatic carboxylic acids is 1. The second kappa shape index (κ2) is 4.11. The summed E-state index contributed by atoms with van der Waals surface area (Å²) in [6.45, 7) is 1.29. The molecule has 0 heterocycles. The minimum absolute atomic E-state index is 0.0206. The lowest BCUT2D eigenvalue weighted by Gasteiger charge is -2.07. The van der Waals surface area contributed by atoms with Gasteiger partial charge in [0.05, 0.1) is 16.3 Å². The van der Waals surface area contributed by atoms with Crippen molar-refractivity contribution in [1.82, 2.24) is 0 Å². The molecular formula is C9H8ClNO3. The predicted molar refractivity (Wildman–Crippen MR) is 52.7 cm³/mol. The van der Waals surface area contributed by atoms with Crippen molar-refractivity contribution < 1.29 is 14.7 Å². The first-order chi connectivity index (χ1) is 6.52. The maximum absolute atomic E-state index is 10.8. The Balaban J connectivity index is 3.22. The van der Waals surface area contributed by atoms with Crippen LogP contribution in [-0.4, -0.2) is 17.0 Å². The minimum Gasteiger partial charge on any atom is -0.478 e. The number of hydrogen-bond donors (Lipinski definition) is 2. The monoisotopic (exact) mass is 213 g/mol. The molecule has 2 N–H and O–H groups in total. The smallest absolute Gasteiger partial charge is 0.337 e. The minimum atomic E-state index is -1.13. The number of hydrogen-bond acceptors (Lipinski definition) is 2. The van der Waals surface area contributed by atoms with E-state index in [0.717, 1.165) is 0 Å². The zero-order chi connectivity index (χ0) is 10.7. The summed E-state index contributed by atoms with van der Waals surface area (Å²) >= 11 is 5.74. The van der Waals surface area contributed by atoms with Crippen molar-refractivity contribution in [3.05, 3.63) is 28.8 Å². The van der Waals surface area contributed by atoms with Crippen LogP contribution in [0.4, 0.5) is 5.69 Å². The van der Waals surface area contributed by atoms with Crippen LogP contribution >= 0.6 is 11.6 Å². The molecule has 1 rings (SSSR count). The number of carbonyl (C=O) groups is 2. The highest BCUT2D eigenvalue weighted by Gasteiger charge is 2.13. The van der Waals surface area contributed by atoms with Gasteiger partial charge in [-0.2, -0.15) is 0 Å². The van der Waals surface area contributed by atoms with Gasteiger partial charge in [0.25, 0.3) is 0 Å². The summed E-state index contributed by atoms with van der Waals surface area (Å²) < 4.78 is 0. The van der Waals surface area contributed by atoms with Crippen molar-refractivity contribution in [2.24, 2.45) is 0 Å². The van der Waals surface area contributed by atoms with E-state index in [0.29, 0.717) is 0 Å². The second-order valence-corrected chi connectivity index (χ2v) is 3.06. The fourth-order valence-corrected chi connectivity index (χ4v) is 1.23. The van der Waals surface area contributed by atoms with Gasteiger partial charge in [-0.25, -0.2) is 4.79 Å². The van der Waals surface area contributed by atoms with Crippen LogP contribution in [0, 0.1) is 0 Å². The van der Waals surface area contributed by atoms with Crippen molar-refractivity contribution in [3.8, 4) is 0 Å². The average molecular weight is 214 g/mol. The van der Waals surface area contributed by atoms with Gasteiger partial charge in [0.2, 0.25) is 5.91 Å². The van der Waals surface area contributed by atoms with Gasteiger partial charge in [-0.05, 0) is 12.1 Å². The van der Waals surface area contributed by atoms with Crippen LogP contribution in [-0.2, 0) is 4.79 Å². The highest BCUT2D eigenvalue weighted by atomic mass is 35.5. The summed E-state index contributed by atoms with van der Waals surface area (Å²) in [6, 6.07) is 4.40. The number of anilines is 1. The Morgan fingerprint density at radius 3 is 2.57 bits per heavy atom. The Morgan fingerprint density at radius 1 is 1.43 bits per heavy atom. The zero-order valence-corrected chi connectivity index (χ0v) is 8.13. The first kappa shape index (κ1) is 10.5. The Kier molecular flexibility index (Phi) is 3.09. The molecule has 0 saturated carbocycles. The number of carbonyl (C=O) groups excluding carboxylic acids is 1. The molecule has 0 saturated heterocycles. The van der Waals surface area contributed by atoms with E-state index in [9.17, 15) is 9.59 Å². The molecule has 0 aliphatic heterocycles. The van der Waals surface area contributed by atoms with E-state index >= 15 is 0 Å². The van der Waals surface area contributed by atoms with Gasteiger partial charge >= 0.3 is 5.97 Å². The normalized spacial score (nSPS) is 9.57. The molecule has 5 heteroatoms. The molecule has 0 spiro atoms. The number of carboxylic acid groups (broad SMARTS) is 1. The van der Waals surface area contributed by atoms with E-state index in [1.807, 2.05) is 0 Å². The van der Waals surface area contributed by atoms with Gasteiger partial charge in [-0.3, -0.25) is 4.79 Å². The summed E-state index contributed by atoms with van der Waals surface area (Å²) in [5.41, 5.74) is 0.113. The SMILES string of the molecule is CC(=O)Nc1c(Cl)cccc1C(=O)O. The van der Waals surface area contributed by atoms with Crippen molar-refractivity contribution >= 4 is 29.2 Å². The van der Waals surface area contributed by atoms with Crippen LogP contribution in [0.1, 0.15) is 17.3 Å². The van der Waals surface area contributed by atoms with Crippen LogP contribution in [0.3, 0.4) is 0 Å². The number of amides is 1. The molecule has 0 unspecified atom stereocenters. The Morgan fingerprint density at radius 2 is 2.07 bits per heavy atom. The molecule has 0 aliphatic rings. The fourth-order valence-electron chi connectivity index (χ4n) is 1.01. The molecule has 1 aromatic carbocycles. The summed E-state index contributed by atoms with van der Waals surface area (Å²) in [4.78, 5) is 21.5.